The van der Waals surface area contributed by atoms with Crippen molar-refractivity contribution in [2.45, 2.75) is 58.5 Å². The molecule has 10 heteroatoms. The summed E-state index contributed by atoms with van der Waals surface area (Å²) in [4.78, 5) is 28.5. The molecule has 3 saturated heterocycles. The first-order chi connectivity index (χ1) is 17.5. The summed E-state index contributed by atoms with van der Waals surface area (Å²) in [7, 11) is 0. The monoisotopic (exact) mass is 593 g/mol. The van der Waals surface area contributed by atoms with E-state index in [0.29, 0.717) is 33.7 Å². The number of amides is 1. The SMILES string of the molecule is CC(C)(C)OC(=O)N1CC2(CCN(c3nc(N4CC5CCC(C5)C4)c4cc(Cl)c(Br)c(F)c4n3)CC2)C1. The molecular weight excluding hydrogens is 561 g/mol. The van der Waals surface area contributed by atoms with Crippen LogP contribution < -0.4 is 9.80 Å². The topological polar surface area (TPSA) is 61.8 Å². The highest BCUT2D eigenvalue weighted by Gasteiger charge is 2.48. The second-order valence-corrected chi connectivity index (χ2v) is 13.7. The summed E-state index contributed by atoms with van der Waals surface area (Å²) in [5, 5.41) is 1.01. The van der Waals surface area contributed by atoms with Crippen LogP contribution in [-0.4, -0.2) is 65.8 Å². The molecule has 0 N–H and O–H groups in total. The van der Waals surface area contributed by atoms with Gasteiger partial charge in [-0.1, -0.05) is 11.6 Å². The highest BCUT2D eigenvalue weighted by Crippen LogP contribution is 2.44. The third-order valence-electron chi connectivity index (χ3n) is 8.51. The molecule has 4 aliphatic rings. The van der Waals surface area contributed by atoms with Crippen molar-refractivity contribution in [2.24, 2.45) is 17.3 Å². The van der Waals surface area contributed by atoms with Crippen molar-refractivity contribution >= 4 is 56.3 Å². The molecule has 1 aliphatic carbocycles. The Morgan fingerprint density at radius 3 is 2.41 bits per heavy atom. The molecule has 0 radical (unpaired) electrons. The lowest BCUT2D eigenvalue weighted by molar-refractivity contribution is -0.0435. The van der Waals surface area contributed by atoms with Crippen molar-refractivity contribution in [1.29, 1.82) is 0 Å². The van der Waals surface area contributed by atoms with Gasteiger partial charge in [-0.3, -0.25) is 0 Å². The molecule has 37 heavy (non-hydrogen) atoms. The van der Waals surface area contributed by atoms with Crippen LogP contribution in [0, 0.1) is 23.1 Å². The zero-order valence-electron chi connectivity index (χ0n) is 21.7. The highest BCUT2D eigenvalue weighted by atomic mass is 79.9. The normalized spacial score (nSPS) is 25.1. The lowest BCUT2D eigenvalue weighted by atomic mass is 9.72. The van der Waals surface area contributed by atoms with E-state index in [1.165, 1.54) is 19.3 Å². The van der Waals surface area contributed by atoms with Gasteiger partial charge >= 0.3 is 6.09 Å². The summed E-state index contributed by atoms with van der Waals surface area (Å²) < 4.78 is 21.2. The minimum absolute atomic E-state index is 0.112. The largest absolute Gasteiger partial charge is 0.444 e. The minimum Gasteiger partial charge on any atom is -0.444 e. The molecule has 4 fully saturated rings. The van der Waals surface area contributed by atoms with Crippen molar-refractivity contribution in [3.8, 4) is 0 Å². The van der Waals surface area contributed by atoms with Crippen LogP contribution in [0.15, 0.2) is 10.5 Å². The molecule has 6 rings (SSSR count). The maximum Gasteiger partial charge on any atom is 0.410 e. The van der Waals surface area contributed by atoms with E-state index < -0.39 is 11.4 Å². The fourth-order valence-electron chi connectivity index (χ4n) is 6.62. The van der Waals surface area contributed by atoms with E-state index in [4.69, 9.17) is 26.3 Å². The molecule has 200 valence electrons. The quantitative estimate of drug-likeness (QED) is 0.383. The summed E-state index contributed by atoms with van der Waals surface area (Å²) in [5.74, 6) is 2.28. The molecule has 1 saturated carbocycles. The Hall–Kier alpha value is -1.87. The third-order valence-corrected chi connectivity index (χ3v) is 9.81. The van der Waals surface area contributed by atoms with E-state index in [0.717, 1.165) is 57.9 Å². The number of halogens is 3. The van der Waals surface area contributed by atoms with Gasteiger partial charge in [0.05, 0.1) is 9.50 Å². The predicted octanol–water partition coefficient (Wildman–Crippen LogP) is 6.26. The van der Waals surface area contributed by atoms with E-state index in [2.05, 4.69) is 25.7 Å². The summed E-state index contributed by atoms with van der Waals surface area (Å²) >= 11 is 9.68. The number of rotatable bonds is 2. The van der Waals surface area contributed by atoms with Gasteiger partial charge in [-0.05, 0) is 86.7 Å². The van der Waals surface area contributed by atoms with E-state index in [-0.39, 0.29) is 16.0 Å². The van der Waals surface area contributed by atoms with Crippen LogP contribution in [0.4, 0.5) is 21.0 Å². The maximum atomic E-state index is 15.4. The summed E-state index contributed by atoms with van der Waals surface area (Å²) in [5.41, 5.74) is -0.0632. The smallest absolute Gasteiger partial charge is 0.410 e. The molecule has 2 aromatic rings. The zero-order valence-corrected chi connectivity index (χ0v) is 24.0. The number of fused-ring (bicyclic) bond motifs is 3. The van der Waals surface area contributed by atoms with Gasteiger partial charge in [-0.15, -0.1) is 0 Å². The van der Waals surface area contributed by atoms with Gasteiger partial charge in [0, 0.05) is 50.1 Å². The average molecular weight is 595 g/mol. The molecule has 1 aromatic heterocycles. The molecule has 2 unspecified atom stereocenters. The summed E-state index contributed by atoms with van der Waals surface area (Å²) in [6.07, 6.45) is 5.42. The van der Waals surface area contributed by atoms with Crippen LogP contribution in [-0.2, 0) is 4.74 Å². The molecule has 1 amide bonds. The van der Waals surface area contributed by atoms with Crippen molar-refractivity contribution in [2.75, 3.05) is 49.1 Å². The van der Waals surface area contributed by atoms with Crippen LogP contribution >= 0.6 is 27.5 Å². The second kappa shape index (κ2) is 9.11. The first-order valence-electron chi connectivity index (χ1n) is 13.3. The second-order valence-electron chi connectivity index (χ2n) is 12.5. The lowest BCUT2D eigenvalue weighted by Gasteiger charge is -2.53. The van der Waals surface area contributed by atoms with Crippen LogP contribution in [0.2, 0.25) is 5.02 Å². The number of benzene rings is 1. The van der Waals surface area contributed by atoms with Crippen LogP contribution in [0.5, 0.6) is 0 Å². The predicted molar refractivity (Wildman–Crippen MR) is 147 cm³/mol. The number of hydrogen-bond donors (Lipinski definition) is 0. The molecule has 2 atom stereocenters. The summed E-state index contributed by atoms with van der Waals surface area (Å²) in [6.45, 7) is 10.5. The number of anilines is 2. The molecule has 2 bridgehead atoms. The molecule has 3 aliphatic heterocycles. The standard InChI is InChI=1S/C27H34BrClFN5O2/c1-26(2,3)37-25(36)35-14-27(15-35)6-8-33(9-7-27)24-31-22-18(11-19(29)20(28)21(22)30)23(32-24)34-12-16-4-5-17(10-16)13-34/h11,16-17H,4-10,12-15H2,1-3H3. The minimum atomic E-state index is -0.489. The molecule has 4 heterocycles. The maximum absolute atomic E-state index is 15.4. The molecular formula is C27H34BrClFN5O2. The van der Waals surface area contributed by atoms with Gasteiger partial charge in [0.25, 0.3) is 0 Å². The number of piperidine rings is 2. The van der Waals surface area contributed by atoms with E-state index in [9.17, 15) is 4.79 Å². The van der Waals surface area contributed by atoms with Gasteiger partial charge in [-0.25, -0.2) is 14.2 Å². The lowest BCUT2D eigenvalue weighted by Crippen LogP contribution is -2.62. The Bertz CT molecular complexity index is 1230. The van der Waals surface area contributed by atoms with Crippen molar-refractivity contribution in [3.05, 3.63) is 21.4 Å². The number of ether oxygens (including phenoxy) is 1. The Morgan fingerprint density at radius 2 is 1.78 bits per heavy atom. The number of carbonyl (C=O) groups is 1. The molecule has 1 spiro atoms. The van der Waals surface area contributed by atoms with E-state index >= 15 is 4.39 Å². The van der Waals surface area contributed by atoms with Crippen LogP contribution in [0.1, 0.15) is 52.9 Å². The number of aromatic nitrogens is 2. The van der Waals surface area contributed by atoms with E-state index in [1.807, 2.05) is 20.8 Å². The van der Waals surface area contributed by atoms with Gasteiger partial charge in [0.1, 0.15) is 16.9 Å². The summed E-state index contributed by atoms with van der Waals surface area (Å²) in [6, 6.07) is 1.80. The average Bonchev–Trinajstić information content (AvgIpc) is 3.17. The number of nitrogens with zero attached hydrogens (tertiary/aromatic N) is 5. The van der Waals surface area contributed by atoms with E-state index in [1.54, 1.807) is 11.0 Å². The van der Waals surface area contributed by atoms with Crippen molar-refractivity contribution < 1.29 is 13.9 Å². The van der Waals surface area contributed by atoms with Crippen LogP contribution in [0.3, 0.4) is 0 Å². The van der Waals surface area contributed by atoms with Crippen LogP contribution in [0.25, 0.3) is 10.9 Å². The Morgan fingerprint density at radius 1 is 1.14 bits per heavy atom. The van der Waals surface area contributed by atoms with Crippen molar-refractivity contribution in [1.82, 2.24) is 14.9 Å². The van der Waals surface area contributed by atoms with Gasteiger partial charge in [-0.2, -0.15) is 4.98 Å². The fourth-order valence-corrected chi connectivity index (χ4v) is 7.12. The molecule has 1 aromatic carbocycles. The van der Waals surface area contributed by atoms with Gasteiger partial charge in [0.2, 0.25) is 5.95 Å². The van der Waals surface area contributed by atoms with Gasteiger partial charge in [0.15, 0.2) is 5.82 Å². The first kappa shape index (κ1) is 25.4. The Labute approximate surface area is 230 Å². The number of carbonyl (C=O) groups excluding carboxylic acids is 1. The Kier molecular flexibility index (Phi) is 6.26. The number of likely N-dealkylation sites (tertiary alicyclic amines) is 1. The molecule has 7 nitrogen and oxygen atoms in total. The zero-order chi connectivity index (χ0) is 26.1. The third kappa shape index (κ3) is 4.75. The first-order valence-corrected chi connectivity index (χ1v) is 14.5. The van der Waals surface area contributed by atoms with Crippen molar-refractivity contribution in [3.63, 3.8) is 0 Å². The highest BCUT2D eigenvalue weighted by molar-refractivity contribution is 9.10. The Balaban J connectivity index is 1.24. The fraction of sp³-hybridized carbons (Fsp3) is 0.667. The van der Waals surface area contributed by atoms with Gasteiger partial charge < -0.3 is 19.4 Å². The number of hydrogen-bond acceptors (Lipinski definition) is 6.